The summed E-state index contributed by atoms with van der Waals surface area (Å²) in [4.78, 5) is 2.51. The monoisotopic (exact) mass is 232 g/mol. The van der Waals surface area contributed by atoms with Crippen molar-refractivity contribution in [1.82, 2.24) is 5.32 Å². The normalized spacial score (nSPS) is 19.2. The molecule has 1 atom stereocenters. The van der Waals surface area contributed by atoms with Crippen molar-refractivity contribution >= 4 is 5.69 Å². The first-order valence-corrected chi connectivity index (χ1v) is 6.76. The lowest BCUT2D eigenvalue weighted by molar-refractivity contribution is 0.508. The molecule has 0 saturated heterocycles. The van der Waals surface area contributed by atoms with E-state index in [1.807, 2.05) is 7.05 Å². The summed E-state index contributed by atoms with van der Waals surface area (Å²) in [6.45, 7) is 3.36. The van der Waals surface area contributed by atoms with Gasteiger partial charge in [-0.25, -0.2) is 0 Å². The van der Waals surface area contributed by atoms with Gasteiger partial charge in [0, 0.05) is 18.8 Å². The van der Waals surface area contributed by atoms with Crippen LogP contribution in [0.2, 0.25) is 0 Å². The Balaban J connectivity index is 2.24. The number of hydrogen-bond donors (Lipinski definition) is 1. The predicted molar refractivity (Wildman–Crippen MR) is 74.9 cm³/mol. The smallest absolute Gasteiger partial charge is 0.0431 e. The Kier molecular flexibility index (Phi) is 4.06. The van der Waals surface area contributed by atoms with E-state index in [0.717, 1.165) is 13.0 Å². The Labute approximate surface area is 105 Å². The molecule has 2 rings (SSSR count). The molecule has 1 aromatic rings. The molecule has 0 saturated carbocycles. The summed E-state index contributed by atoms with van der Waals surface area (Å²) >= 11 is 0. The second kappa shape index (κ2) is 5.54. The maximum absolute atomic E-state index is 3.26. The fraction of sp³-hybridized carbons (Fsp3) is 0.600. The predicted octanol–water partition coefficient (Wildman–Crippen LogP) is 2.61. The third-order valence-corrected chi connectivity index (χ3v) is 3.96. The number of nitrogens with zero attached hydrogens (tertiary/aromatic N) is 1. The van der Waals surface area contributed by atoms with Crippen LogP contribution in [0.5, 0.6) is 0 Å². The summed E-state index contributed by atoms with van der Waals surface area (Å²) in [6, 6.07) is 7.47. The summed E-state index contributed by atoms with van der Waals surface area (Å²) in [5.74, 6) is 0. The van der Waals surface area contributed by atoms with Gasteiger partial charge in [-0.15, -0.1) is 0 Å². The van der Waals surface area contributed by atoms with Crippen LogP contribution in [0.3, 0.4) is 0 Å². The van der Waals surface area contributed by atoms with E-state index in [9.17, 15) is 0 Å². The summed E-state index contributed by atoms with van der Waals surface area (Å²) < 4.78 is 0. The third kappa shape index (κ3) is 2.47. The van der Waals surface area contributed by atoms with Crippen LogP contribution in [0.15, 0.2) is 18.2 Å². The fourth-order valence-corrected chi connectivity index (χ4v) is 2.93. The lowest BCUT2D eigenvalue weighted by Crippen LogP contribution is -2.38. The maximum Gasteiger partial charge on any atom is 0.0431 e. The van der Waals surface area contributed by atoms with E-state index in [4.69, 9.17) is 0 Å². The lowest BCUT2D eigenvalue weighted by Gasteiger charge is -2.37. The van der Waals surface area contributed by atoms with Crippen molar-refractivity contribution in [2.45, 2.75) is 38.6 Å². The SMILES string of the molecule is CCc1cccc2c1N(C)C(CCNC)CC2. The third-order valence-electron chi connectivity index (χ3n) is 3.96. The molecule has 17 heavy (non-hydrogen) atoms. The zero-order valence-corrected chi connectivity index (χ0v) is 11.3. The molecule has 0 radical (unpaired) electrons. The molecule has 1 unspecified atom stereocenters. The Morgan fingerprint density at radius 3 is 2.94 bits per heavy atom. The van der Waals surface area contributed by atoms with Crippen LogP contribution >= 0.6 is 0 Å². The quantitative estimate of drug-likeness (QED) is 0.858. The van der Waals surface area contributed by atoms with Gasteiger partial charge in [-0.05, 0) is 50.4 Å². The molecule has 2 heteroatoms. The minimum absolute atomic E-state index is 0.697. The highest BCUT2D eigenvalue weighted by Crippen LogP contribution is 2.33. The standard InChI is InChI=1S/C15H24N2/c1-4-12-6-5-7-13-8-9-14(10-11-16-2)17(3)15(12)13/h5-7,14,16H,4,8-11H2,1-3H3. The van der Waals surface area contributed by atoms with Gasteiger partial charge < -0.3 is 10.2 Å². The fourth-order valence-electron chi connectivity index (χ4n) is 2.93. The zero-order chi connectivity index (χ0) is 12.3. The van der Waals surface area contributed by atoms with Crippen LogP contribution in [0.25, 0.3) is 0 Å². The molecule has 0 aliphatic carbocycles. The van der Waals surface area contributed by atoms with Gasteiger partial charge in [-0.3, -0.25) is 0 Å². The first-order chi connectivity index (χ1) is 8.27. The van der Waals surface area contributed by atoms with Gasteiger partial charge in [0.15, 0.2) is 0 Å². The number of rotatable bonds is 4. The molecular weight excluding hydrogens is 208 g/mol. The van der Waals surface area contributed by atoms with Gasteiger partial charge >= 0.3 is 0 Å². The molecule has 0 fully saturated rings. The number of fused-ring (bicyclic) bond motifs is 1. The molecule has 1 aromatic carbocycles. The topological polar surface area (TPSA) is 15.3 Å². The molecule has 2 nitrogen and oxygen atoms in total. The lowest BCUT2D eigenvalue weighted by atomic mass is 9.91. The largest absolute Gasteiger partial charge is 0.371 e. The van der Waals surface area contributed by atoms with E-state index in [2.05, 4.69) is 42.4 Å². The second-order valence-electron chi connectivity index (χ2n) is 4.97. The minimum Gasteiger partial charge on any atom is -0.371 e. The molecule has 0 amide bonds. The van der Waals surface area contributed by atoms with E-state index < -0.39 is 0 Å². The Morgan fingerprint density at radius 1 is 1.41 bits per heavy atom. The van der Waals surface area contributed by atoms with Gasteiger partial charge in [0.05, 0.1) is 0 Å². The molecule has 1 N–H and O–H groups in total. The number of nitrogens with one attached hydrogen (secondary N) is 1. The van der Waals surface area contributed by atoms with E-state index in [1.165, 1.54) is 36.1 Å². The van der Waals surface area contributed by atoms with Crippen molar-refractivity contribution in [3.63, 3.8) is 0 Å². The van der Waals surface area contributed by atoms with E-state index in [1.54, 1.807) is 0 Å². The van der Waals surface area contributed by atoms with Crippen molar-refractivity contribution < 1.29 is 0 Å². The van der Waals surface area contributed by atoms with Crippen LogP contribution in [-0.4, -0.2) is 26.7 Å². The average Bonchev–Trinajstić information content (AvgIpc) is 2.37. The van der Waals surface area contributed by atoms with Crippen molar-refractivity contribution in [3.8, 4) is 0 Å². The summed E-state index contributed by atoms with van der Waals surface area (Å²) in [5, 5.41) is 3.26. The van der Waals surface area contributed by atoms with Crippen molar-refractivity contribution in [2.24, 2.45) is 0 Å². The minimum atomic E-state index is 0.697. The number of anilines is 1. The highest BCUT2D eigenvalue weighted by molar-refractivity contribution is 5.61. The maximum atomic E-state index is 3.26. The molecule has 1 heterocycles. The summed E-state index contributed by atoms with van der Waals surface area (Å²) in [6.07, 6.45) is 4.90. The summed E-state index contributed by atoms with van der Waals surface area (Å²) in [5.41, 5.74) is 4.54. The molecule has 1 aliphatic heterocycles. The Morgan fingerprint density at radius 2 is 2.24 bits per heavy atom. The Bertz CT molecular complexity index is 359. The van der Waals surface area contributed by atoms with Crippen LogP contribution in [0, 0.1) is 0 Å². The molecule has 1 aliphatic rings. The van der Waals surface area contributed by atoms with Crippen LogP contribution < -0.4 is 10.2 Å². The van der Waals surface area contributed by atoms with E-state index >= 15 is 0 Å². The van der Waals surface area contributed by atoms with Gasteiger partial charge in [0.25, 0.3) is 0 Å². The van der Waals surface area contributed by atoms with Crippen LogP contribution in [0.4, 0.5) is 5.69 Å². The van der Waals surface area contributed by atoms with Crippen molar-refractivity contribution in [1.29, 1.82) is 0 Å². The van der Waals surface area contributed by atoms with Gasteiger partial charge in [-0.2, -0.15) is 0 Å². The first kappa shape index (κ1) is 12.4. The van der Waals surface area contributed by atoms with E-state index in [0.29, 0.717) is 6.04 Å². The van der Waals surface area contributed by atoms with Gasteiger partial charge in [0.2, 0.25) is 0 Å². The van der Waals surface area contributed by atoms with Crippen molar-refractivity contribution in [3.05, 3.63) is 29.3 Å². The molecule has 94 valence electrons. The highest BCUT2D eigenvalue weighted by Gasteiger charge is 2.24. The first-order valence-electron chi connectivity index (χ1n) is 6.76. The molecule has 0 spiro atoms. The highest BCUT2D eigenvalue weighted by atomic mass is 15.1. The Hall–Kier alpha value is -1.02. The van der Waals surface area contributed by atoms with Crippen LogP contribution in [0.1, 0.15) is 30.9 Å². The molecular formula is C15H24N2. The number of hydrogen-bond acceptors (Lipinski definition) is 2. The number of aryl methyl sites for hydroxylation is 2. The zero-order valence-electron chi connectivity index (χ0n) is 11.3. The number of para-hydroxylation sites is 1. The van der Waals surface area contributed by atoms with Gasteiger partial charge in [0.1, 0.15) is 0 Å². The van der Waals surface area contributed by atoms with Crippen LogP contribution in [-0.2, 0) is 12.8 Å². The second-order valence-corrected chi connectivity index (χ2v) is 4.97. The van der Waals surface area contributed by atoms with Crippen molar-refractivity contribution in [2.75, 3.05) is 25.5 Å². The summed E-state index contributed by atoms with van der Waals surface area (Å²) in [7, 11) is 4.30. The van der Waals surface area contributed by atoms with E-state index in [-0.39, 0.29) is 0 Å². The van der Waals surface area contributed by atoms with Gasteiger partial charge in [-0.1, -0.05) is 25.1 Å². The molecule has 0 aromatic heterocycles. The molecule has 0 bridgehead atoms. The average molecular weight is 232 g/mol. The number of benzene rings is 1.